The molecule has 2 heterocycles. The topological polar surface area (TPSA) is 84.8 Å². The first-order chi connectivity index (χ1) is 15.9. The number of nitrogens with one attached hydrogen (secondary N) is 1. The minimum absolute atomic E-state index is 0.0269. The molecule has 12 heteroatoms. The number of Topliss-reactive ketones (excluding diaryl/α,β-unsaturated/α-hetero) is 2. The maximum absolute atomic E-state index is 14.1. The Bertz CT molecular complexity index is 1230. The van der Waals surface area contributed by atoms with Crippen LogP contribution in [0.1, 0.15) is 38.3 Å². The van der Waals surface area contributed by atoms with Gasteiger partial charge in [0.15, 0.2) is 5.78 Å². The van der Waals surface area contributed by atoms with Gasteiger partial charge >= 0.3 is 6.18 Å². The van der Waals surface area contributed by atoms with Crippen molar-refractivity contribution in [2.45, 2.75) is 30.5 Å². The van der Waals surface area contributed by atoms with Crippen molar-refractivity contribution < 1.29 is 32.4 Å². The number of alkyl halides is 3. The molecule has 0 bridgehead atoms. The fourth-order valence-corrected chi connectivity index (χ4v) is 4.78. The fourth-order valence-electron chi connectivity index (χ4n) is 3.59. The van der Waals surface area contributed by atoms with Gasteiger partial charge in [-0.1, -0.05) is 34.4 Å². The minimum atomic E-state index is -4.93. The lowest BCUT2D eigenvalue weighted by molar-refractivity contribution is -0.275. The van der Waals surface area contributed by atoms with Crippen LogP contribution in [-0.4, -0.2) is 40.5 Å². The molecule has 178 valence electrons. The number of carbonyl (C=O) groups is 3. The number of rotatable bonds is 5. The molecule has 4 rings (SSSR count). The fraction of sp³-hybridized carbons (Fsp3) is 0.273. The SMILES string of the molecule is Cc1cc(C(=O)C2=NOC(c3cc(Cl)cc(Cl)c3)(C(F)(F)F)C2)ccc1C(=O)NC1SCC1=O. The van der Waals surface area contributed by atoms with Gasteiger partial charge in [-0.25, -0.2) is 0 Å². The summed E-state index contributed by atoms with van der Waals surface area (Å²) in [4.78, 5) is 41.6. The van der Waals surface area contributed by atoms with E-state index in [9.17, 15) is 27.6 Å². The van der Waals surface area contributed by atoms with E-state index < -0.39 is 41.0 Å². The van der Waals surface area contributed by atoms with Gasteiger partial charge in [0.2, 0.25) is 5.78 Å². The summed E-state index contributed by atoms with van der Waals surface area (Å²) in [6, 6.07) is 7.46. The molecule has 0 radical (unpaired) electrons. The molecule has 1 amide bonds. The molecule has 2 aromatic rings. The maximum atomic E-state index is 14.1. The first-order valence-corrected chi connectivity index (χ1v) is 11.6. The summed E-state index contributed by atoms with van der Waals surface area (Å²) in [6.45, 7) is 1.57. The summed E-state index contributed by atoms with van der Waals surface area (Å²) >= 11 is 13.1. The second kappa shape index (κ2) is 8.90. The van der Waals surface area contributed by atoms with Crippen LogP contribution in [0, 0.1) is 6.92 Å². The molecule has 2 aliphatic heterocycles. The highest BCUT2D eigenvalue weighted by Gasteiger charge is 2.63. The standard InChI is InChI=1S/C22H15Cl2F3N2O4S/c1-10-4-11(2-3-15(10)19(32)28-20-17(30)9-34-20)18(31)16-8-21(33-29-16,22(25,26)27)12-5-13(23)7-14(24)6-12/h2-7,20H,8-9H2,1H3,(H,28,32). The molecule has 2 aliphatic rings. The molecule has 6 nitrogen and oxygen atoms in total. The summed E-state index contributed by atoms with van der Waals surface area (Å²) in [6.07, 6.45) is -5.81. The molecule has 1 fully saturated rings. The lowest BCUT2D eigenvalue weighted by Gasteiger charge is -2.29. The van der Waals surface area contributed by atoms with Gasteiger partial charge in [0.05, 0.1) is 12.2 Å². The molecule has 2 unspecified atom stereocenters. The Hall–Kier alpha value is -2.56. The highest BCUT2D eigenvalue weighted by Crippen LogP contribution is 2.49. The first-order valence-electron chi connectivity index (χ1n) is 9.80. The molecule has 0 spiro atoms. The van der Waals surface area contributed by atoms with Crippen LogP contribution in [0.4, 0.5) is 13.2 Å². The Morgan fingerprint density at radius 1 is 1.18 bits per heavy atom. The van der Waals surface area contributed by atoms with E-state index >= 15 is 0 Å². The van der Waals surface area contributed by atoms with Gasteiger partial charge in [-0.15, -0.1) is 11.8 Å². The van der Waals surface area contributed by atoms with E-state index in [1.54, 1.807) is 6.92 Å². The number of oxime groups is 1. The second-order valence-corrected chi connectivity index (χ2v) is 9.74. The number of aryl methyl sites for hydroxylation is 1. The van der Waals surface area contributed by atoms with Crippen LogP contribution < -0.4 is 5.32 Å². The average molecular weight is 531 g/mol. The van der Waals surface area contributed by atoms with E-state index in [0.717, 1.165) is 12.1 Å². The summed E-state index contributed by atoms with van der Waals surface area (Å²) < 4.78 is 42.3. The van der Waals surface area contributed by atoms with E-state index in [1.807, 2.05) is 0 Å². The van der Waals surface area contributed by atoms with Crippen molar-refractivity contribution in [3.8, 4) is 0 Å². The third-order valence-corrected chi connectivity index (χ3v) is 7.06. The normalized spacial score (nSPS) is 22.0. The third-order valence-electron chi connectivity index (χ3n) is 5.46. The number of ketones is 2. The zero-order valence-corrected chi connectivity index (χ0v) is 19.7. The van der Waals surface area contributed by atoms with Gasteiger partial charge in [0.1, 0.15) is 11.1 Å². The second-order valence-electron chi connectivity index (χ2n) is 7.78. The molecule has 0 saturated carbocycles. The van der Waals surface area contributed by atoms with Crippen LogP contribution in [-0.2, 0) is 15.2 Å². The molecule has 0 aromatic heterocycles. The van der Waals surface area contributed by atoms with E-state index in [2.05, 4.69) is 10.5 Å². The van der Waals surface area contributed by atoms with E-state index in [0.29, 0.717) is 11.3 Å². The van der Waals surface area contributed by atoms with Crippen LogP contribution in [0.25, 0.3) is 0 Å². The Morgan fingerprint density at radius 2 is 1.85 bits per heavy atom. The van der Waals surface area contributed by atoms with E-state index in [-0.39, 0.29) is 32.5 Å². The summed E-state index contributed by atoms with van der Waals surface area (Å²) in [5, 5.41) is 5.39. The quantitative estimate of drug-likeness (QED) is 0.544. The minimum Gasteiger partial charge on any atom is -0.374 e. The van der Waals surface area contributed by atoms with Gasteiger partial charge in [0.25, 0.3) is 11.5 Å². The number of hydrogen-bond donors (Lipinski definition) is 1. The summed E-state index contributed by atoms with van der Waals surface area (Å²) in [7, 11) is 0. The van der Waals surface area contributed by atoms with Crippen LogP contribution in [0.5, 0.6) is 0 Å². The number of benzene rings is 2. The Kier molecular flexibility index (Phi) is 6.43. The zero-order chi connectivity index (χ0) is 24.8. The average Bonchev–Trinajstić information content (AvgIpc) is 3.22. The number of hydrogen-bond acceptors (Lipinski definition) is 6. The van der Waals surface area contributed by atoms with E-state index in [4.69, 9.17) is 28.0 Å². The smallest absolute Gasteiger partial charge is 0.374 e. The molecular formula is C22H15Cl2F3N2O4S. The predicted octanol–water partition coefficient (Wildman–Crippen LogP) is 5.09. The largest absolute Gasteiger partial charge is 0.435 e. The lowest BCUT2D eigenvalue weighted by atomic mass is 9.86. The highest BCUT2D eigenvalue weighted by molar-refractivity contribution is 8.03. The Balaban J connectivity index is 1.57. The lowest BCUT2D eigenvalue weighted by Crippen LogP contribution is -2.46. The molecular weight excluding hydrogens is 516 g/mol. The number of thioether (sulfide) groups is 1. The summed E-state index contributed by atoms with van der Waals surface area (Å²) in [5.41, 5.74) is -3.07. The van der Waals surface area contributed by atoms with Crippen molar-refractivity contribution in [2.75, 3.05) is 5.75 Å². The third kappa shape index (κ3) is 4.42. The van der Waals surface area contributed by atoms with Crippen molar-refractivity contribution >= 4 is 58.1 Å². The molecule has 1 N–H and O–H groups in total. The Morgan fingerprint density at radius 3 is 2.38 bits per heavy atom. The maximum Gasteiger partial charge on any atom is 0.435 e. The number of halogens is 5. The van der Waals surface area contributed by atoms with Gasteiger partial charge in [-0.3, -0.25) is 14.4 Å². The first kappa shape index (κ1) is 24.6. The van der Waals surface area contributed by atoms with Crippen LogP contribution in [0.15, 0.2) is 41.6 Å². The number of amides is 1. The number of nitrogens with zero attached hydrogens (tertiary/aromatic N) is 1. The van der Waals surface area contributed by atoms with Gasteiger partial charge in [0, 0.05) is 26.7 Å². The van der Waals surface area contributed by atoms with E-state index in [1.165, 1.54) is 36.0 Å². The van der Waals surface area contributed by atoms with Crippen molar-refractivity contribution in [1.29, 1.82) is 0 Å². The van der Waals surface area contributed by atoms with Gasteiger partial charge in [-0.05, 0) is 42.8 Å². The Labute approximate surface area is 205 Å². The predicted molar refractivity (Wildman–Crippen MR) is 122 cm³/mol. The van der Waals surface area contributed by atoms with Gasteiger partial charge in [-0.2, -0.15) is 13.2 Å². The zero-order valence-electron chi connectivity index (χ0n) is 17.3. The van der Waals surface area contributed by atoms with Crippen LogP contribution in [0.3, 0.4) is 0 Å². The molecule has 2 aromatic carbocycles. The van der Waals surface area contributed by atoms with Crippen LogP contribution in [0.2, 0.25) is 10.0 Å². The molecule has 2 atom stereocenters. The highest BCUT2D eigenvalue weighted by atomic mass is 35.5. The summed E-state index contributed by atoms with van der Waals surface area (Å²) in [5.74, 6) is -1.02. The molecule has 1 saturated heterocycles. The van der Waals surface area contributed by atoms with Crippen molar-refractivity contribution in [3.63, 3.8) is 0 Å². The molecule has 0 aliphatic carbocycles. The van der Waals surface area contributed by atoms with Gasteiger partial charge < -0.3 is 10.2 Å². The number of carbonyl (C=O) groups excluding carboxylic acids is 3. The monoisotopic (exact) mass is 530 g/mol. The van der Waals surface area contributed by atoms with Crippen molar-refractivity contribution in [3.05, 3.63) is 68.7 Å². The van der Waals surface area contributed by atoms with Crippen molar-refractivity contribution in [1.82, 2.24) is 5.32 Å². The molecule has 34 heavy (non-hydrogen) atoms. The van der Waals surface area contributed by atoms with Crippen molar-refractivity contribution in [2.24, 2.45) is 5.16 Å². The van der Waals surface area contributed by atoms with Crippen LogP contribution >= 0.6 is 35.0 Å².